The van der Waals surface area contributed by atoms with Gasteiger partial charge in [-0.2, -0.15) is 0 Å². The van der Waals surface area contributed by atoms with Gasteiger partial charge in [-0.15, -0.1) is 0 Å². The zero-order chi connectivity index (χ0) is 16.0. The first-order valence-corrected chi connectivity index (χ1v) is 8.75. The summed E-state index contributed by atoms with van der Waals surface area (Å²) in [6.07, 6.45) is 0. The van der Waals surface area contributed by atoms with Crippen molar-refractivity contribution in [3.05, 3.63) is 60.2 Å². The highest BCUT2D eigenvalue weighted by Crippen LogP contribution is 2.47. The van der Waals surface area contributed by atoms with Gasteiger partial charge >= 0.3 is 7.60 Å². The first-order valence-electron chi connectivity index (χ1n) is 7.21. The fraction of sp³-hybridized carbons (Fsp3) is 0.294. The molecule has 118 valence electrons. The third-order valence-electron chi connectivity index (χ3n) is 3.12. The molecule has 0 aliphatic rings. The minimum Gasteiger partial charge on any atom is -0.421 e. The first kappa shape index (κ1) is 16.8. The van der Waals surface area contributed by atoms with Crippen LogP contribution in [-0.4, -0.2) is 32.1 Å². The van der Waals surface area contributed by atoms with Crippen molar-refractivity contribution in [3.8, 4) is 5.75 Å². The van der Waals surface area contributed by atoms with Crippen molar-refractivity contribution in [2.24, 2.45) is 0 Å². The van der Waals surface area contributed by atoms with Crippen molar-refractivity contribution in [3.63, 3.8) is 0 Å². The van der Waals surface area contributed by atoms with Crippen LogP contribution in [0.4, 0.5) is 0 Å². The van der Waals surface area contributed by atoms with Crippen LogP contribution < -0.4 is 9.83 Å². The summed E-state index contributed by atoms with van der Waals surface area (Å²) in [6, 6.07) is 16.5. The minimum absolute atomic E-state index is 0.338. The SMILES string of the molecule is Cc1ccc(P(=O)(OCCN(C)C)Oc2ccccc2)cc1. The van der Waals surface area contributed by atoms with E-state index in [1.807, 2.05) is 56.3 Å². The van der Waals surface area contributed by atoms with Crippen molar-refractivity contribution < 1.29 is 13.6 Å². The number of benzene rings is 2. The van der Waals surface area contributed by atoms with Crippen molar-refractivity contribution in [1.82, 2.24) is 4.90 Å². The van der Waals surface area contributed by atoms with Gasteiger partial charge in [0.1, 0.15) is 5.75 Å². The molecular weight excluding hydrogens is 297 g/mol. The van der Waals surface area contributed by atoms with Crippen LogP contribution in [0.2, 0.25) is 0 Å². The molecule has 0 N–H and O–H groups in total. The molecule has 0 aliphatic heterocycles. The topological polar surface area (TPSA) is 38.8 Å². The third kappa shape index (κ3) is 4.70. The molecule has 0 aliphatic carbocycles. The molecule has 2 rings (SSSR count). The second-order valence-corrected chi connectivity index (χ2v) is 7.33. The average Bonchev–Trinajstić information content (AvgIpc) is 2.48. The van der Waals surface area contributed by atoms with E-state index in [-0.39, 0.29) is 0 Å². The second kappa shape index (κ2) is 7.59. The molecule has 2 aromatic rings. The summed E-state index contributed by atoms with van der Waals surface area (Å²) >= 11 is 0. The van der Waals surface area contributed by atoms with Gasteiger partial charge in [0.25, 0.3) is 0 Å². The molecule has 5 heteroatoms. The Kier molecular flexibility index (Phi) is 5.78. The number of hydrogen-bond donors (Lipinski definition) is 0. The van der Waals surface area contributed by atoms with Crippen LogP contribution >= 0.6 is 7.60 Å². The van der Waals surface area contributed by atoms with Crippen molar-refractivity contribution in [2.75, 3.05) is 27.2 Å². The van der Waals surface area contributed by atoms with E-state index in [0.29, 0.717) is 24.2 Å². The highest BCUT2D eigenvalue weighted by molar-refractivity contribution is 7.62. The summed E-state index contributed by atoms with van der Waals surface area (Å²) in [4.78, 5) is 1.97. The molecule has 0 fully saturated rings. The lowest BCUT2D eigenvalue weighted by molar-refractivity contribution is 0.238. The molecule has 0 spiro atoms. The summed E-state index contributed by atoms with van der Waals surface area (Å²) in [5.41, 5.74) is 1.10. The smallest absolute Gasteiger partial charge is 0.410 e. The van der Waals surface area contributed by atoms with Crippen molar-refractivity contribution in [2.45, 2.75) is 6.92 Å². The molecule has 0 heterocycles. The monoisotopic (exact) mass is 319 g/mol. The number of likely N-dealkylation sites (N-methyl/N-ethyl adjacent to an activating group) is 1. The van der Waals surface area contributed by atoms with Crippen LogP contribution in [-0.2, 0) is 9.09 Å². The van der Waals surface area contributed by atoms with Crippen molar-refractivity contribution in [1.29, 1.82) is 0 Å². The van der Waals surface area contributed by atoms with Crippen LogP contribution in [0.5, 0.6) is 5.75 Å². The molecule has 0 radical (unpaired) electrons. The normalized spacial score (nSPS) is 13.8. The molecular formula is C17H22NO3P. The van der Waals surface area contributed by atoms with E-state index in [2.05, 4.69) is 0 Å². The summed E-state index contributed by atoms with van der Waals surface area (Å²) < 4.78 is 24.6. The van der Waals surface area contributed by atoms with E-state index < -0.39 is 7.60 Å². The van der Waals surface area contributed by atoms with Gasteiger partial charge in [-0.05, 0) is 45.3 Å². The number of hydrogen-bond acceptors (Lipinski definition) is 4. The molecule has 0 amide bonds. The lowest BCUT2D eigenvalue weighted by Gasteiger charge is -2.20. The maximum Gasteiger partial charge on any atom is 0.410 e. The van der Waals surface area contributed by atoms with E-state index in [0.717, 1.165) is 5.56 Å². The quantitative estimate of drug-likeness (QED) is 0.733. The highest BCUT2D eigenvalue weighted by atomic mass is 31.2. The standard InChI is InChI=1S/C17H22NO3P/c1-15-9-11-17(12-10-15)22(19,20-14-13-18(2)3)21-16-7-5-4-6-8-16/h4-12H,13-14H2,1-3H3. The summed E-state index contributed by atoms with van der Waals surface area (Å²) in [5.74, 6) is 0.538. The maximum atomic E-state index is 13.2. The first-order chi connectivity index (χ1) is 10.5. The lowest BCUT2D eigenvalue weighted by atomic mass is 10.2. The predicted octanol–water partition coefficient (Wildman–Crippen LogP) is 3.47. The molecule has 0 saturated carbocycles. The van der Waals surface area contributed by atoms with Gasteiger partial charge in [0, 0.05) is 6.54 Å². The summed E-state index contributed by atoms with van der Waals surface area (Å²) in [7, 11) is 0.489. The summed E-state index contributed by atoms with van der Waals surface area (Å²) in [6.45, 7) is 3.00. The van der Waals surface area contributed by atoms with Gasteiger partial charge in [0.15, 0.2) is 0 Å². The van der Waals surface area contributed by atoms with Gasteiger partial charge in [-0.3, -0.25) is 4.52 Å². The molecule has 4 nitrogen and oxygen atoms in total. The van der Waals surface area contributed by atoms with E-state index in [1.54, 1.807) is 24.3 Å². The van der Waals surface area contributed by atoms with Gasteiger partial charge in [0.2, 0.25) is 0 Å². The predicted molar refractivity (Wildman–Crippen MR) is 90.0 cm³/mol. The Morgan fingerprint density at radius 2 is 1.64 bits per heavy atom. The van der Waals surface area contributed by atoms with Crippen LogP contribution in [0.1, 0.15) is 5.56 Å². The van der Waals surface area contributed by atoms with E-state index in [9.17, 15) is 4.57 Å². The zero-order valence-electron chi connectivity index (χ0n) is 13.2. The Labute approximate surface area is 132 Å². The number of aryl methyl sites for hydroxylation is 1. The van der Waals surface area contributed by atoms with E-state index >= 15 is 0 Å². The Bertz CT molecular complexity index is 626. The Hall–Kier alpha value is -1.61. The molecule has 22 heavy (non-hydrogen) atoms. The highest BCUT2D eigenvalue weighted by Gasteiger charge is 2.29. The maximum absolute atomic E-state index is 13.2. The Morgan fingerprint density at radius 3 is 2.23 bits per heavy atom. The van der Waals surface area contributed by atoms with Gasteiger partial charge in [-0.1, -0.05) is 35.9 Å². The van der Waals surface area contributed by atoms with E-state index in [1.165, 1.54) is 0 Å². The van der Waals surface area contributed by atoms with Gasteiger partial charge in [-0.25, -0.2) is 4.57 Å². The number of nitrogens with zero attached hydrogens (tertiary/aromatic N) is 1. The average molecular weight is 319 g/mol. The largest absolute Gasteiger partial charge is 0.421 e. The molecule has 1 unspecified atom stereocenters. The third-order valence-corrected chi connectivity index (χ3v) is 5.02. The molecule has 0 bridgehead atoms. The summed E-state index contributed by atoms with van der Waals surface area (Å²) in [5, 5.41) is 0.570. The van der Waals surface area contributed by atoms with Gasteiger partial charge < -0.3 is 9.42 Å². The zero-order valence-corrected chi connectivity index (χ0v) is 14.1. The molecule has 2 aromatic carbocycles. The molecule has 0 saturated heterocycles. The van der Waals surface area contributed by atoms with E-state index in [4.69, 9.17) is 9.05 Å². The Morgan fingerprint density at radius 1 is 1.00 bits per heavy atom. The molecule has 0 aromatic heterocycles. The fourth-order valence-electron chi connectivity index (χ4n) is 1.84. The van der Waals surface area contributed by atoms with Crippen molar-refractivity contribution >= 4 is 12.9 Å². The fourth-order valence-corrected chi connectivity index (χ4v) is 3.39. The second-order valence-electron chi connectivity index (χ2n) is 5.37. The van der Waals surface area contributed by atoms with Crippen LogP contribution in [0.25, 0.3) is 0 Å². The van der Waals surface area contributed by atoms with Crippen LogP contribution in [0.3, 0.4) is 0 Å². The van der Waals surface area contributed by atoms with Gasteiger partial charge in [0.05, 0.1) is 11.9 Å². The Balaban J connectivity index is 2.23. The number of rotatable bonds is 7. The lowest BCUT2D eigenvalue weighted by Crippen LogP contribution is -2.20. The van der Waals surface area contributed by atoms with Crippen LogP contribution in [0, 0.1) is 6.92 Å². The number of para-hydroxylation sites is 1. The molecule has 1 atom stereocenters. The van der Waals surface area contributed by atoms with Crippen LogP contribution in [0.15, 0.2) is 54.6 Å². The minimum atomic E-state index is -3.40.